The highest BCUT2D eigenvalue weighted by Crippen LogP contribution is 2.33. The molecule has 1 aliphatic heterocycles. The Morgan fingerprint density at radius 3 is 2.48 bits per heavy atom. The number of carbonyl (C=O) groups excluding carboxylic acids is 1. The number of aromatic nitrogens is 1. The van der Waals surface area contributed by atoms with Crippen LogP contribution in [0.3, 0.4) is 0 Å². The molecule has 0 N–H and O–H groups in total. The molecule has 0 saturated carbocycles. The van der Waals surface area contributed by atoms with E-state index in [1.54, 1.807) is 18.2 Å². The van der Waals surface area contributed by atoms with Gasteiger partial charge in [-0.15, -0.1) is 0 Å². The number of cyclic esters (lactones) is 1. The van der Waals surface area contributed by atoms with E-state index in [-0.39, 0.29) is 11.6 Å². The van der Waals surface area contributed by atoms with Crippen LogP contribution in [0.2, 0.25) is 5.02 Å². The number of ether oxygens (including phenoxy) is 1. The summed E-state index contributed by atoms with van der Waals surface area (Å²) in [5.74, 6) is -0.313. The minimum absolute atomic E-state index is 0.202. The first-order chi connectivity index (χ1) is 15.2. The summed E-state index contributed by atoms with van der Waals surface area (Å²) in [6, 6.07) is 27.0. The molecule has 2 heterocycles. The van der Waals surface area contributed by atoms with Gasteiger partial charge in [0.2, 0.25) is 5.90 Å². The molecule has 0 spiro atoms. The zero-order chi connectivity index (χ0) is 21.2. The number of nitrogens with zero attached hydrogens (tertiary/aromatic N) is 2. The number of esters is 1. The predicted octanol–water partition coefficient (Wildman–Crippen LogP) is 6.38. The molecule has 150 valence electrons. The van der Waals surface area contributed by atoms with E-state index in [0.717, 1.165) is 26.4 Å². The van der Waals surface area contributed by atoms with E-state index in [1.165, 1.54) is 11.8 Å². The molecular weight excluding hydrogens is 428 g/mol. The highest BCUT2D eigenvalue weighted by molar-refractivity contribution is 7.99. The largest absolute Gasteiger partial charge is 0.402 e. The third kappa shape index (κ3) is 4.10. The quantitative estimate of drug-likeness (QED) is 0.271. The van der Waals surface area contributed by atoms with Gasteiger partial charge in [-0.3, -0.25) is 0 Å². The summed E-state index contributed by atoms with van der Waals surface area (Å²) in [7, 11) is 0. The van der Waals surface area contributed by atoms with Gasteiger partial charge in [-0.1, -0.05) is 71.9 Å². The highest BCUT2D eigenvalue weighted by Gasteiger charge is 2.26. The molecule has 31 heavy (non-hydrogen) atoms. The van der Waals surface area contributed by atoms with Gasteiger partial charge in [0.1, 0.15) is 5.03 Å². The van der Waals surface area contributed by atoms with Crippen molar-refractivity contribution in [2.24, 2.45) is 4.99 Å². The number of aliphatic imine (C=N–C) groups is 1. The molecule has 4 nitrogen and oxygen atoms in total. The molecule has 3 aromatic carbocycles. The van der Waals surface area contributed by atoms with Crippen molar-refractivity contribution in [3.63, 3.8) is 0 Å². The molecule has 1 aromatic heterocycles. The van der Waals surface area contributed by atoms with E-state index in [9.17, 15) is 4.79 Å². The lowest BCUT2D eigenvalue weighted by Gasteiger charge is -2.08. The van der Waals surface area contributed by atoms with Crippen LogP contribution in [0.25, 0.3) is 17.0 Å². The van der Waals surface area contributed by atoms with Crippen LogP contribution in [0.5, 0.6) is 0 Å². The molecular formula is C25H15ClN2O2S. The summed E-state index contributed by atoms with van der Waals surface area (Å²) in [5, 5.41) is 2.24. The van der Waals surface area contributed by atoms with Gasteiger partial charge in [0.15, 0.2) is 5.70 Å². The summed E-state index contributed by atoms with van der Waals surface area (Å²) >= 11 is 7.77. The molecule has 0 saturated heterocycles. The van der Waals surface area contributed by atoms with E-state index in [0.29, 0.717) is 10.6 Å². The predicted molar refractivity (Wildman–Crippen MR) is 124 cm³/mol. The summed E-state index contributed by atoms with van der Waals surface area (Å²) in [6.45, 7) is 0. The van der Waals surface area contributed by atoms with Gasteiger partial charge >= 0.3 is 5.97 Å². The second-order valence-electron chi connectivity index (χ2n) is 6.81. The number of halogens is 1. The Morgan fingerprint density at radius 1 is 0.903 bits per heavy atom. The van der Waals surface area contributed by atoms with Crippen molar-refractivity contribution in [3.8, 4) is 0 Å². The van der Waals surface area contributed by atoms with Gasteiger partial charge in [-0.2, -0.15) is 0 Å². The van der Waals surface area contributed by atoms with E-state index < -0.39 is 5.97 Å². The van der Waals surface area contributed by atoms with Gasteiger partial charge in [-0.05, 0) is 42.5 Å². The molecule has 1 aliphatic rings. The third-order valence-electron chi connectivity index (χ3n) is 4.69. The Balaban J connectivity index is 1.60. The van der Waals surface area contributed by atoms with Crippen LogP contribution in [0.1, 0.15) is 11.1 Å². The Hall–Kier alpha value is -3.41. The van der Waals surface area contributed by atoms with Gasteiger partial charge in [0, 0.05) is 15.8 Å². The number of carbonyl (C=O) groups is 1. The van der Waals surface area contributed by atoms with Crippen molar-refractivity contribution < 1.29 is 9.53 Å². The normalized spacial score (nSPS) is 14.7. The van der Waals surface area contributed by atoms with Crippen molar-refractivity contribution >= 4 is 52.2 Å². The second kappa shape index (κ2) is 8.38. The fraction of sp³-hybridized carbons (Fsp3) is 0. The lowest BCUT2D eigenvalue weighted by atomic mass is 10.1. The van der Waals surface area contributed by atoms with E-state index in [1.807, 2.05) is 72.8 Å². The fourth-order valence-electron chi connectivity index (χ4n) is 3.21. The van der Waals surface area contributed by atoms with E-state index in [4.69, 9.17) is 21.3 Å². The first-order valence-electron chi connectivity index (χ1n) is 9.57. The maximum atomic E-state index is 12.5. The molecule has 0 unspecified atom stereocenters. The molecule has 0 amide bonds. The van der Waals surface area contributed by atoms with Crippen LogP contribution in [0, 0.1) is 0 Å². The van der Waals surface area contributed by atoms with Crippen LogP contribution in [0.15, 0.2) is 106 Å². The van der Waals surface area contributed by atoms with Crippen molar-refractivity contribution in [1.29, 1.82) is 0 Å². The Bertz CT molecular complexity index is 1370. The van der Waals surface area contributed by atoms with Gasteiger partial charge in [0.25, 0.3) is 0 Å². The molecule has 0 fully saturated rings. The number of rotatable bonds is 4. The summed E-state index contributed by atoms with van der Waals surface area (Å²) in [4.78, 5) is 22.8. The monoisotopic (exact) mass is 442 g/mol. The SMILES string of the molecule is O=C1OC(c2ccccc2Cl)=N/C1=C/c1cc2ccccc2nc1Sc1ccccc1. The average molecular weight is 443 g/mol. The summed E-state index contributed by atoms with van der Waals surface area (Å²) in [5.41, 5.74) is 2.47. The van der Waals surface area contributed by atoms with Crippen LogP contribution >= 0.6 is 23.4 Å². The van der Waals surface area contributed by atoms with Crippen LogP contribution in [-0.4, -0.2) is 16.9 Å². The second-order valence-corrected chi connectivity index (χ2v) is 8.28. The number of para-hydroxylation sites is 1. The average Bonchev–Trinajstić information content (AvgIpc) is 3.15. The van der Waals surface area contributed by atoms with Crippen molar-refractivity contribution in [2.75, 3.05) is 0 Å². The molecule has 0 radical (unpaired) electrons. The van der Waals surface area contributed by atoms with Gasteiger partial charge in [0.05, 0.1) is 16.1 Å². The molecule has 6 heteroatoms. The van der Waals surface area contributed by atoms with Crippen LogP contribution in [0.4, 0.5) is 0 Å². The Morgan fingerprint density at radius 2 is 1.65 bits per heavy atom. The minimum Gasteiger partial charge on any atom is -0.402 e. The zero-order valence-electron chi connectivity index (χ0n) is 16.2. The smallest absolute Gasteiger partial charge is 0.363 e. The lowest BCUT2D eigenvalue weighted by molar-refractivity contribution is -0.129. The molecule has 0 bridgehead atoms. The Kier molecular flexibility index (Phi) is 5.28. The number of hydrogen-bond acceptors (Lipinski definition) is 5. The van der Waals surface area contributed by atoms with E-state index in [2.05, 4.69) is 4.99 Å². The zero-order valence-corrected chi connectivity index (χ0v) is 17.7. The van der Waals surface area contributed by atoms with E-state index >= 15 is 0 Å². The molecule has 4 aromatic rings. The van der Waals surface area contributed by atoms with Crippen LogP contribution in [-0.2, 0) is 9.53 Å². The molecule has 0 aliphatic carbocycles. The van der Waals surface area contributed by atoms with Crippen molar-refractivity contribution in [2.45, 2.75) is 9.92 Å². The first-order valence-corrected chi connectivity index (χ1v) is 10.8. The molecule has 5 rings (SSSR count). The fourth-order valence-corrected chi connectivity index (χ4v) is 4.32. The lowest BCUT2D eigenvalue weighted by Crippen LogP contribution is -2.05. The number of hydrogen-bond donors (Lipinski definition) is 0. The topological polar surface area (TPSA) is 51.5 Å². The van der Waals surface area contributed by atoms with Gasteiger partial charge in [-0.25, -0.2) is 14.8 Å². The standard InChI is InChI=1S/C25H15ClN2O2S/c26-20-12-6-5-11-19(20)23-27-22(25(29)30-23)15-17-14-16-8-4-7-13-21(16)28-24(17)31-18-9-2-1-3-10-18/h1-15H/b22-15+. The number of benzene rings is 3. The number of pyridine rings is 1. The van der Waals surface area contributed by atoms with Crippen LogP contribution < -0.4 is 0 Å². The van der Waals surface area contributed by atoms with Crippen molar-refractivity contribution in [3.05, 3.63) is 107 Å². The maximum absolute atomic E-state index is 12.5. The number of fused-ring (bicyclic) bond motifs is 1. The summed E-state index contributed by atoms with van der Waals surface area (Å²) in [6.07, 6.45) is 1.72. The first kappa shape index (κ1) is 19.5. The maximum Gasteiger partial charge on any atom is 0.363 e. The molecule has 0 atom stereocenters. The van der Waals surface area contributed by atoms with Gasteiger partial charge < -0.3 is 4.74 Å². The summed E-state index contributed by atoms with van der Waals surface area (Å²) < 4.78 is 5.39. The Labute approximate surface area is 188 Å². The highest BCUT2D eigenvalue weighted by atomic mass is 35.5. The minimum atomic E-state index is -0.515. The third-order valence-corrected chi connectivity index (χ3v) is 6.05. The van der Waals surface area contributed by atoms with Crippen molar-refractivity contribution in [1.82, 2.24) is 4.98 Å².